The average molecular weight is 283 g/mol. The van der Waals surface area contributed by atoms with E-state index in [9.17, 15) is 8.42 Å². The zero-order valence-corrected chi connectivity index (χ0v) is 12.0. The molecule has 0 radical (unpaired) electrons. The molecule has 0 saturated heterocycles. The van der Waals surface area contributed by atoms with Crippen molar-refractivity contribution < 1.29 is 13.5 Å². The third-order valence-corrected chi connectivity index (χ3v) is 5.25. The largest absolute Gasteiger partial charge is 0.392 e. The second kappa shape index (κ2) is 6.03. The van der Waals surface area contributed by atoms with Gasteiger partial charge in [-0.05, 0) is 49.3 Å². The molecule has 0 spiro atoms. The van der Waals surface area contributed by atoms with E-state index in [4.69, 9.17) is 5.11 Å². The first-order chi connectivity index (χ1) is 9.01. The van der Waals surface area contributed by atoms with Crippen molar-refractivity contribution in [3.63, 3.8) is 0 Å². The van der Waals surface area contributed by atoms with Crippen LogP contribution in [0.15, 0.2) is 29.2 Å². The minimum absolute atomic E-state index is 0.0407. The van der Waals surface area contributed by atoms with Crippen LogP contribution in [0.3, 0.4) is 0 Å². The summed E-state index contributed by atoms with van der Waals surface area (Å²) in [5, 5.41) is 9.06. The SMILES string of the molecule is CC1CCC(NS(=O)(=O)c2cccc(CO)c2)CC1. The molecular weight excluding hydrogens is 262 g/mol. The molecule has 0 aromatic heterocycles. The molecule has 1 aliphatic rings. The van der Waals surface area contributed by atoms with Crippen LogP contribution < -0.4 is 4.72 Å². The fraction of sp³-hybridized carbons (Fsp3) is 0.571. The van der Waals surface area contributed by atoms with E-state index < -0.39 is 10.0 Å². The van der Waals surface area contributed by atoms with Gasteiger partial charge in [0, 0.05) is 6.04 Å². The lowest BCUT2D eigenvalue weighted by molar-refractivity contribution is 0.281. The van der Waals surface area contributed by atoms with Crippen LogP contribution in [0.4, 0.5) is 0 Å². The molecule has 0 aliphatic heterocycles. The van der Waals surface area contributed by atoms with Gasteiger partial charge in [-0.1, -0.05) is 19.1 Å². The smallest absolute Gasteiger partial charge is 0.240 e. The summed E-state index contributed by atoms with van der Waals surface area (Å²) in [4.78, 5) is 0.234. The number of hydrogen-bond donors (Lipinski definition) is 2. The van der Waals surface area contributed by atoms with Gasteiger partial charge in [-0.25, -0.2) is 13.1 Å². The maximum absolute atomic E-state index is 12.3. The molecule has 1 aromatic rings. The van der Waals surface area contributed by atoms with Crippen LogP contribution >= 0.6 is 0 Å². The quantitative estimate of drug-likeness (QED) is 0.888. The topological polar surface area (TPSA) is 66.4 Å². The highest BCUT2D eigenvalue weighted by molar-refractivity contribution is 7.89. The molecule has 1 saturated carbocycles. The molecule has 106 valence electrons. The Balaban J connectivity index is 2.09. The van der Waals surface area contributed by atoms with E-state index in [1.165, 1.54) is 6.07 Å². The average Bonchev–Trinajstić information content (AvgIpc) is 2.41. The zero-order chi connectivity index (χ0) is 13.9. The van der Waals surface area contributed by atoms with Gasteiger partial charge in [0.1, 0.15) is 0 Å². The van der Waals surface area contributed by atoms with Crippen molar-refractivity contribution in [3.8, 4) is 0 Å². The third kappa shape index (κ3) is 3.78. The van der Waals surface area contributed by atoms with E-state index >= 15 is 0 Å². The maximum atomic E-state index is 12.3. The number of rotatable bonds is 4. The summed E-state index contributed by atoms with van der Waals surface area (Å²) in [6, 6.07) is 6.49. The fourth-order valence-electron chi connectivity index (χ4n) is 2.48. The Hall–Kier alpha value is -0.910. The van der Waals surface area contributed by atoms with Crippen molar-refractivity contribution in [1.82, 2.24) is 4.72 Å². The van der Waals surface area contributed by atoms with Gasteiger partial charge in [0.05, 0.1) is 11.5 Å². The van der Waals surface area contributed by atoms with Crippen LogP contribution in [-0.2, 0) is 16.6 Å². The Kier molecular flexibility index (Phi) is 4.60. The van der Waals surface area contributed by atoms with Crippen LogP contribution in [-0.4, -0.2) is 19.6 Å². The van der Waals surface area contributed by atoms with Crippen molar-refractivity contribution in [2.75, 3.05) is 0 Å². The van der Waals surface area contributed by atoms with Gasteiger partial charge >= 0.3 is 0 Å². The standard InChI is InChI=1S/C14H21NO3S/c1-11-5-7-13(8-6-11)15-19(17,18)14-4-2-3-12(9-14)10-16/h2-4,9,11,13,15-16H,5-8,10H2,1H3. The predicted octanol–water partition coefficient (Wildman–Crippen LogP) is 2.04. The second-order valence-corrected chi connectivity index (χ2v) is 7.10. The summed E-state index contributed by atoms with van der Waals surface area (Å²) in [5.41, 5.74) is 0.611. The van der Waals surface area contributed by atoms with Crippen LogP contribution in [0.25, 0.3) is 0 Å². The van der Waals surface area contributed by atoms with E-state index in [0.717, 1.165) is 25.7 Å². The summed E-state index contributed by atoms with van der Waals surface area (Å²) in [6.45, 7) is 2.06. The summed E-state index contributed by atoms with van der Waals surface area (Å²) in [6.07, 6.45) is 3.95. The van der Waals surface area contributed by atoms with Gasteiger partial charge in [-0.15, -0.1) is 0 Å². The highest BCUT2D eigenvalue weighted by atomic mass is 32.2. The number of sulfonamides is 1. The van der Waals surface area contributed by atoms with Crippen molar-refractivity contribution in [2.24, 2.45) is 5.92 Å². The Morgan fingerprint density at radius 2 is 1.95 bits per heavy atom. The van der Waals surface area contributed by atoms with Crippen LogP contribution in [0.5, 0.6) is 0 Å². The highest BCUT2D eigenvalue weighted by Gasteiger charge is 2.24. The molecule has 0 heterocycles. The molecule has 2 N–H and O–H groups in total. The van der Waals surface area contributed by atoms with Crippen molar-refractivity contribution in [1.29, 1.82) is 0 Å². The Morgan fingerprint density at radius 1 is 1.26 bits per heavy atom. The first kappa shape index (κ1) is 14.5. The van der Waals surface area contributed by atoms with Crippen molar-refractivity contribution >= 4 is 10.0 Å². The van der Waals surface area contributed by atoms with E-state index in [1.807, 2.05) is 0 Å². The Bertz CT molecular complexity index is 519. The van der Waals surface area contributed by atoms with E-state index in [0.29, 0.717) is 11.5 Å². The third-order valence-electron chi connectivity index (χ3n) is 3.73. The molecular formula is C14H21NO3S. The van der Waals surface area contributed by atoms with Gasteiger partial charge in [-0.3, -0.25) is 0 Å². The first-order valence-electron chi connectivity index (χ1n) is 6.73. The number of benzene rings is 1. The molecule has 1 aromatic carbocycles. The first-order valence-corrected chi connectivity index (χ1v) is 8.21. The van der Waals surface area contributed by atoms with E-state index in [1.54, 1.807) is 18.2 Å². The maximum Gasteiger partial charge on any atom is 0.240 e. The monoisotopic (exact) mass is 283 g/mol. The Morgan fingerprint density at radius 3 is 2.58 bits per heavy atom. The van der Waals surface area contributed by atoms with E-state index in [2.05, 4.69) is 11.6 Å². The minimum atomic E-state index is -3.47. The summed E-state index contributed by atoms with van der Waals surface area (Å²) >= 11 is 0. The van der Waals surface area contributed by atoms with Crippen LogP contribution in [0.1, 0.15) is 38.2 Å². The van der Waals surface area contributed by atoms with Crippen LogP contribution in [0, 0.1) is 5.92 Å². The predicted molar refractivity (Wildman–Crippen MR) is 74.1 cm³/mol. The zero-order valence-electron chi connectivity index (χ0n) is 11.2. The molecule has 0 amide bonds. The molecule has 1 fully saturated rings. The molecule has 0 bridgehead atoms. The summed E-state index contributed by atoms with van der Waals surface area (Å²) in [5.74, 6) is 0.693. The summed E-state index contributed by atoms with van der Waals surface area (Å²) in [7, 11) is -3.47. The van der Waals surface area contributed by atoms with Gasteiger partial charge in [0.25, 0.3) is 0 Å². The lowest BCUT2D eigenvalue weighted by Crippen LogP contribution is -2.37. The molecule has 2 rings (SSSR count). The Labute approximate surface area is 114 Å². The molecule has 5 heteroatoms. The lowest BCUT2D eigenvalue weighted by Gasteiger charge is -2.26. The van der Waals surface area contributed by atoms with Gasteiger partial charge in [0.2, 0.25) is 10.0 Å². The number of aliphatic hydroxyl groups is 1. The van der Waals surface area contributed by atoms with E-state index in [-0.39, 0.29) is 17.5 Å². The molecule has 0 unspecified atom stereocenters. The van der Waals surface area contributed by atoms with Gasteiger partial charge in [0.15, 0.2) is 0 Å². The van der Waals surface area contributed by atoms with Gasteiger partial charge < -0.3 is 5.11 Å². The van der Waals surface area contributed by atoms with Crippen LogP contribution in [0.2, 0.25) is 0 Å². The molecule has 1 aliphatic carbocycles. The molecule has 19 heavy (non-hydrogen) atoms. The summed E-state index contributed by atoms with van der Waals surface area (Å²) < 4.78 is 27.3. The molecule has 0 atom stereocenters. The lowest BCUT2D eigenvalue weighted by atomic mass is 9.88. The number of hydrogen-bond acceptors (Lipinski definition) is 3. The fourth-order valence-corrected chi connectivity index (χ4v) is 3.85. The second-order valence-electron chi connectivity index (χ2n) is 5.38. The number of aliphatic hydroxyl groups excluding tert-OH is 1. The minimum Gasteiger partial charge on any atom is -0.392 e. The van der Waals surface area contributed by atoms with Crippen molar-refractivity contribution in [2.45, 2.75) is 50.2 Å². The highest BCUT2D eigenvalue weighted by Crippen LogP contribution is 2.24. The normalized spacial score (nSPS) is 24.3. The van der Waals surface area contributed by atoms with Gasteiger partial charge in [-0.2, -0.15) is 0 Å². The molecule has 4 nitrogen and oxygen atoms in total. The number of nitrogens with one attached hydrogen (secondary N) is 1. The van der Waals surface area contributed by atoms with Crippen molar-refractivity contribution in [3.05, 3.63) is 29.8 Å².